The largest absolute Gasteiger partial charge is 0.336 e. The Morgan fingerprint density at radius 3 is 1.88 bits per heavy atom. The molecule has 0 spiro atoms. The van der Waals surface area contributed by atoms with Crippen molar-refractivity contribution in [2.75, 3.05) is 39.3 Å². The number of amides is 1. The van der Waals surface area contributed by atoms with Crippen LogP contribution in [0.15, 0.2) is 28.7 Å². The molecule has 1 aromatic rings. The van der Waals surface area contributed by atoms with Gasteiger partial charge >= 0.3 is 0 Å². The van der Waals surface area contributed by atoms with E-state index < -0.39 is 10.2 Å². The quantitative estimate of drug-likeness (QED) is 0.740. The third kappa shape index (κ3) is 4.42. The fourth-order valence-electron chi connectivity index (χ4n) is 3.33. The number of hydrogen-bond acceptors (Lipinski definition) is 3. The molecule has 0 aliphatic carbocycles. The van der Waals surface area contributed by atoms with E-state index in [-0.39, 0.29) is 5.91 Å². The molecule has 2 fully saturated rings. The van der Waals surface area contributed by atoms with Gasteiger partial charge in [0, 0.05) is 49.3 Å². The summed E-state index contributed by atoms with van der Waals surface area (Å²) in [5, 5.41) is 0. The van der Waals surface area contributed by atoms with Crippen LogP contribution < -0.4 is 0 Å². The Morgan fingerprint density at radius 2 is 1.32 bits per heavy atom. The number of piperazine rings is 1. The van der Waals surface area contributed by atoms with Gasteiger partial charge in [-0.3, -0.25) is 4.79 Å². The minimum atomic E-state index is -3.41. The first-order valence-corrected chi connectivity index (χ1v) is 11.0. The molecule has 8 heteroatoms. The van der Waals surface area contributed by atoms with Crippen molar-refractivity contribution in [3.8, 4) is 0 Å². The van der Waals surface area contributed by atoms with Crippen LogP contribution in [0.4, 0.5) is 0 Å². The summed E-state index contributed by atoms with van der Waals surface area (Å²) in [5.41, 5.74) is 0.632. The fourth-order valence-corrected chi connectivity index (χ4v) is 5.27. The summed E-state index contributed by atoms with van der Waals surface area (Å²) in [4.78, 5) is 14.3. The van der Waals surface area contributed by atoms with E-state index in [9.17, 15) is 13.2 Å². The van der Waals surface area contributed by atoms with Crippen molar-refractivity contribution >= 4 is 32.0 Å². The van der Waals surface area contributed by atoms with E-state index in [1.807, 2.05) is 12.1 Å². The van der Waals surface area contributed by atoms with Gasteiger partial charge in [0.25, 0.3) is 16.1 Å². The van der Waals surface area contributed by atoms with Gasteiger partial charge in [-0.15, -0.1) is 0 Å². The van der Waals surface area contributed by atoms with Crippen molar-refractivity contribution < 1.29 is 13.2 Å². The number of halogens is 1. The first-order chi connectivity index (χ1) is 12.0. The van der Waals surface area contributed by atoms with Crippen molar-refractivity contribution in [3.63, 3.8) is 0 Å². The van der Waals surface area contributed by atoms with Crippen LogP contribution in [0, 0.1) is 0 Å². The Kier molecular flexibility index (Phi) is 6.14. The minimum absolute atomic E-state index is 0.0423. The van der Waals surface area contributed by atoms with Gasteiger partial charge in [0.1, 0.15) is 0 Å². The molecule has 2 aliphatic heterocycles. The van der Waals surface area contributed by atoms with Crippen LogP contribution in [-0.4, -0.2) is 67.1 Å². The standard InChI is InChI=1S/C17H24BrN3O3S/c18-16-7-5-15(6-8-16)17(22)19-11-13-21(14-12-19)25(23,24)20-9-3-1-2-4-10-20/h5-8H,1-4,9-14H2. The summed E-state index contributed by atoms with van der Waals surface area (Å²) in [6.45, 7) is 2.81. The minimum Gasteiger partial charge on any atom is -0.336 e. The van der Waals surface area contributed by atoms with Crippen LogP contribution in [0.1, 0.15) is 36.0 Å². The highest BCUT2D eigenvalue weighted by molar-refractivity contribution is 9.10. The van der Waals surface area contributed by atoms with Gasteiger partial charge in [0.05, 0.1) is 0 Å². The normalized spacial score (nSPS) is 21.1. The van der Waals surface area contributed by atoms with Gasteiger partial charge in [-0.05, 0) is 37.1 Å². The van der Waals surface area contributed by atoms with E-state index in [4.69, 9.17) is 0 Å². The highest BCUT2D eigenvalue weighted by atomic mass is 79.9. The number of carbonyl (C=O) groups excluding carboxylic acids is 1. The SMILES string of the molecule is O=C(c1ccc(Br)cc1)N1CCN(S(=O)(=O)N2CCCCCC2)CC1. The fraction of sp³-hybridized carbons (Fsp3) is 0.588. The summed E-state index contributed by atoms with van der Waals surface area (Å²) in [6.07, 6.45) is 4.06. The lowest BCUT2D eigenvalue weighted by atomic mass is 10.2. The molecule has 1 amide bonds. The van der Waals surface area contributed by atoms with Crippen LogP contribution in [0.2, 0.25) is 0 Å². The van der Waals surface area contributed by atoms with Crippen LogP contribution in [0.25, 0.3) is 0 Å². The molecule has 0 saturated carbocycles. The molecule has 0 atom stereocenters. The molecule has 6 nitrogen and oxygen atoms in total. The molecule has 25 heavy (non-hydrogen) atoms. The lowest BCUT2D eigenvalue weighted by molar-refractivity contribution is 0.0694. The van der Waals surface area contributed by atoms with Gasteiger partial charge in [0.15, 0.2) is 0 Å². The lowest BCUT2D eigenvalue weighted by Gasteiger charge is -2.36. The van der Waals surface area contributed by atoms with Crippen molar-refractivity contribution in [1.82, 2.24) is 13.5 Å². The zero-order valence-corrected chi connectivity index (χ0v) is 16.6. The first kappa shape index (κ1) is 18.8. The molecule has 0 aromatic heterocycles. The molecule has 138 valence electrons. The third-order valence-corrected chi connectivity index (χ3v) is 7.40. The predicted molar refractivity (Wildman–Crippen MR) is 101 cm³/mol. The molecule has 0 radical (unpaired) electrons. The van der Waals surface area contributed by atoms with Crippen molar-refractivity contribution in [1.29, 1.82) is 0 Å². The van der Waals surface area contributed by atoms with Crippen LogP contribution in [0.5, 0.6) is 0 Å². The Hall–Kier alpha value is -0.960. The lowest BCUT2D eigenvalue weighted by Crippen LogP contribution is -2.54. The summed E-state index contributed by atoms with van der Waals surface area (Å²) in [5.74, 6) is -0.0423. The average molecular weight is 430 g/mol. The Balaban J connectivity index is 1.61. The average Bonchev–Trinajstić information content (AvgIpc) is 2.92. The van der Waals surface area contributed by atoms with Gasteiger partial charge in [-0.25, -0.2) is 0 Å². The monoisotopic (exact) mass is 429 g/mol. The summed E-state index contributed by atoms with van der Waals surface area (Å²) >= 11 is 3.36. The number of nitrogens with zero attached hydrogens (tertiary/aromatic N) is 3. The molecule has 0 unspecified atom stereocenters. The number of benzene rings is 1. The van der Waals surface area contributed by atoms with Crippen LogP contribution in [0.3, 0.4) is 0 Å². The van der Waals surface area contributed by atoms with E-state index in [2.05, 4.69) is 15.9 Å². The van der Waals surface area contributed by atoms with E-state index in [0.717, 1.165) is 30.2 Å². The molecule has 0 N–H and O–H groups in total. The second-order valence-electron chi connectivity index (χ2n) is 6.52. The maximum atomic E-state index is 12.8. The summed E-state index contributed by atoms with van der Waals surface area (Å²) < 4.78 is 29.7. The second kappa shape index (κ2) is 8.16. The van der Waals surface area contributed by atoms with Gasteiger partial charge in [-0.1, -0.05) is 28.8 Å². The summed E-state index contributed by atoms with van der Waals surface area (Å²) in [6, 6.07) is 7.25. The van der Waals surface area contributed by atoms with Crippen LogP contribution >= 0.6 is 15.9 Å². The van der Waals surface area contributed by atoms with Gasteiger partial charge in [-0.2, -0.15) is 17.0 Å². The highest BCUT2D eigenvalue weighted by Crippen LogP contribution is 2.19. The second-order valence-corrected chi connectivity index (χ2v) is 9.36. The zero-order chi connectivity index (χ0) is 17.9. The highest BCUT2D eigenvalue weighted by Gasteiger charge is 2.33. The molecule has 3 rings (SSSR count). The molecule has 2 heterocycles. The zero-order valence-electron chi connectivity index (χ0n) is 14.2. The third-order valence-electron chi connectivity index (χ3n) is 4.83. The maximum absolute atomic E-state index is 12.8. The smallest absolute Gasteiger partial charge is 0.282 e. The van der Waals surface area contributed by atoms with Crippen molar-refractivity contribution in [2.24, 2.45) is 0 Å². The molecular formula is C17H24BrN3O3S. The first-order valence-electron chi connectivity index (χ1n) is 8.78. The van der Waals surface area contributed by atoms with E-state index in [0.29, 0.717) is 44.8 Å². The Morgan fingerprint density at radius 1 is 0.800 bits per heavy atom. The maximum Gasteiger partial charge on any atom is 0.282 e. The summed E-state index contributed by atoms with van der Waals surface area (Å²) in [7, 11) is -3.41. The van der Waals surface area contributed by atoms with E-state index >= 15 is 0 Å². The Labute approximate surface area is 158 Å². The predicted octanol–water partition coefficient (Wildman–Crippen LogP) is 2.33. The Bertz CT molecular complexity index is 692. The van der Waals surface area contributed by atoms with Crippen LogP contribution in [-0.2, 0) is 10.2 Å². The number of hydrogen-bond donors (Lipinski definition) is 0. The van der Waals surface area contributed by atoms with Crippen molar-refractivity contribution in [3.05, 3.63) is 34.3 Å². The molecule has 2 aliphatic rings. The van der Waals surface area contributed by atoms with E-state index in [1.54, 1.807) is 21.3 Å². The van der Waals surface area contributed by atoms with Gasteiger partial charge in [0.2, 0.25) is 0 Å². The van der Waals surface area contributed by atoms with E-state index in [1.165, 1.54) is 4.31 Å². The molecule has 2 saturated heterocycles. The molecule has 0 bridgehead atoms. The number of carbonyl (C=O) groups is 1. The molecule has 1 aromatic carbocycles. The topological polar surface area (TPSA) is 60.9 Å². The number of rotatable bonds is 3. The van der Waals surface area contributed by atoms with Gasteiger partial charge < -0.3 is 4.90 Å². The molecular weight excluding hydrogens is 406 g/mol. The van der Waals surface area contributed by atoms with Crippen molar-refractivity contribution in [2.45, 2.75) is 25.7 Å².